The Hall–Kier alpha value is 0.443. The quantitative estimate of drug-likeness (QED) is 0.118. The molecule has 134 valence electrons. The SMILES string of the molecule is CCCCCCCCCCCCOC(=O)CC[S-].[CH2-]CCC.[Zn+2]. The maximum absolute atomic E-state index is 11.0. The molecule has 0 amide bonds. The van der Waals surface area contributed by atoms with E-state index in [1.165, 1.54) is 64.2 Å². The zero-order chi connectivity index (χ0) is 16.9. The van der Waals surface area contributed by atoms with Gasteiger partial charge in [-0.1, -0.05) is 78.1 Å². The number of carbonyl (C=O) groups is 1. The summed E-state index contributed by atoms with van der Waals surface area (Å²) in [6.45, 7) is 8.55. The molecular weight excluding hydrogens is 358 g/mol. The summed E-state index contributed by atoms with van der Waals surface area (Å²) in [6, 6.07) is 0. The molecule has 0 fully saturated rings. The van der Waals surface area contributed by atoms with E-state index in [0.717, 1.165) is 12.8 Å². The fourth-order valence-electron chi connectivity index (χ4n) is 1.93. The summed E-state index contributed by atoms with van der Waals surface area (Å²) in [5.74, 6) is 0.331. The summed E-state index contributed by atoms with van der Waals surface area (Å²) in [6.07, 6.45) is 15.7. The first-order valence-electron chi connectivity index (χ1n) is 9.25. The predicted octanol–water partition coefficient (Wildman–Crippen LogP) is 6.01. The molecule has 0 aromatic carbocycles. The van der Waals surface area contributed by atoms with Crippen LogP contribution in [0.2, 0.25) is 0 Å². The first kappa shape index (κ1) is 28.3. The van der Waals surface area contributed by atoms with Crippen molar-refractivity contribution in [3.05, 3.63) is 6.92 Å². The average molecular weight is 396 g/mol. The van der Waals surface area contributed by atoms with Crippen LogP contribution in [0.4, 0.5) is 0 Å². The number of carbonyl (C=O) groups excluding carboxylic acids is 1. The molecule has 4 heteroatoms. The number of hydrogen-bond donors (Lipinski definition) is 0. The molecule has 2 nitrogen and oxygen atoms in total. The van der Waals surface area contributed by atoms with Crippen LogP contribution in [-0.4, -0.2) is 18.3 Å². The molecule has 0 N–H and O–H groups in total. The van der Waals surface area contributed by atoms with Crippen molar-refractivity contribution in [2.75, 3.05) is 12.4 Å². The minimum absolute atomic E-state index is 0. The first-order valence-corrected chi connectivity index (χ1v) is 9.83. The standard InChI is InChI=1S/C15H30O2S.C4H9.Zn/c1-2-3-4-5-6-7-8-9-10-11-13-17-15(16)12-14-18;1-3-4-2;/h18H,2-14H2,1H3;1,3-4H2,2H3;/q;-1;+2/p-1. The number of hydrogen-bond acceptors (Lipinski definition) is 3. The van der Waals surface area contributed by atoms with Gasteiger partial charge in [0.05, 0.1) is 6.61 Å². The van der Waals surface area contributed by atoms with Gasteiger partial charge in [0.15, 0.2) is 0 Å². The van der Waals surface area contributed by atoms with Gasteiger partial charge in [-0.2, -0.15) is 12.2 Å². The minimum atomic E-state index is -0.138. The molecule has 0 saturated heterocycles. The van der Waals surface area contributed by atoms with E-state index < -0.39 is 0 Å². The molecule has 0 saturated carbocycles. The van der Waals surface area contributed by atoms with Gasteiger partial charge in [-0.15, -0.1) is 0 Å². The van der Waals surface area contributed by atoms with Crippen molar-refractivity contribution in [2.45, 2.75) is 97.3 Å². The van der Waals surface area contributed by atoms with E-state index in [1.54, 1.807) is 0 Å². The normalized spacial score (nSPS) is 9.57. The summed E-state index contributed by atoms with van der Waals surface area (Å²) in [7, 11) is 0. The molecule has 0 rings (SSSR count). The van der Waals surface area contributed by atoms with Gasteiger partial charge in [0.2, 0.25) is 0 Å². The van der Waals surface area contributed by atoms with Crippen LogP contribution in [0.5, 0.6) is 0 Å². The third-order valence-electron chi connectivity index (χ3n) is 3.42. The molecule has 0 unspecified atom stereocenters. The summed E-state index contributed by atoms with van der Waals surface area (Å²) < 4.78 is 5.05. The smallest absolute Gasteiger partial charge is 0.792 e. The van der Waals surface area contributed by atoms with E-state index in [0.29, 0.717) is 18.8 Å². The van der Waals surface area contributed by atoms with E-state index >= 15 is 0 Å². The van der Waals surface area contributed by atoms with Gasteiger partial charge in [-0.25, -0.2) is 0 Å². The predicted molar refractivity (Wildman–Crippen MR) is 99.9 cm³/mol. The molecule has 23 heavy (non-hydrogen) atoms. The first-order chi connectivity index (χ1) is 10.7. The maximum Gasteiger partial charge on any atom is 2.00 e. The Kier molecular flexibility index (Phi) is 33.5. The summed E-state index contributed by atoms with van der Waals surface area (Å²) in [5.41, 5.74) is 0. The van der Waals surface area contributed by atoms with Crippen molar-refractivity contribution in [1.29, 1.82) is 0 Å². The molecule has 0 aliphatic heterocycles. The Balaban J connectivity index is -0.000000712. The Labute approximate surface area is 164 Å². The number of ether oxygens (including phenoxy) is 1. The Morgan fingerprint density at radius 2 is 1.30 bits per heavy atom. The van der Waals surface area contributed by atoms with Gasteiger partial charge in [0.1, 0.15) is 0 Å². The number of esters is 1. The molecule has 0 bridgehead atoms. The van der Waals surface area contributed by atoms with Gasteiger partial charge in [-0.3, -0.25) is 4.79 Å². The fourth-order valence-corrected chi connectivity index (χ4v) is 2.10. The van der Waals surface area contributed by atoms with Crippen LogP contribution >= 0.6 is 0 Å². The molecule has 0 aliphatic rings. The van der Waals surface area contributed by atoms with E-state index in [4.69, 9.17) is 17.4 Å². The second-order valence-corrected chi connectivity index (χ2v) is 6.12. The fraction of sp³-hybridized carbons (Fsp3) is 0.895. The van der Waals surface area contributed by atoms with Gasteiger partial charge in [0, 0.05) is 6.42 Å². The minimum Gasteiger partial charge on any atom is -0.792 e. The van der Waals surface area contributed by atoms with Gasteiger partial charge in [0.25, 0.3) is 0 Å². The van der Waals surface area contributed by atoms with Crippen LogP contribution in [0.15, 0.2) is 0 Å². The van der Waals surface area contributed by atoms with Crippen LogP contribution in [0.3, 0.4) is 0 Å². The zero-order valence-electron chi connectivity index (χ0n) is 15.7. The molecule has 0 spiro atoms. The topological polar surface area (TPSA) is 26.3 Å². The van der Waals surface area contributed by atoms with Gasteiger partial charge in [-0.05, 0) is 6.42 Å². The molecule has 0 atom stereocenters. The van der Waals surface area contributed by atoms with Crippen molar-refractivity contribution in [2.24, 2.45) is 0 Å². The van der Waals surface area contributed by atoms with Crippen LogP contribution in [0.25, 0.3) is 0 Å². The molecule has 0 aliphatic carbocycles. The summed E-state index contributed by atoms with van der Waals surface area (Å²) >= 11 is 4.71. The van der Waals surface area contributed by atoms with Gasteiger partial charge >= 0.3 is 25.4 Å². The number of rotatable bonds is 14. The summed E-state index contributed by atoms with van der Waals surface area (Å²) in [4.78, 5) is 11.0. The Morgan fingerprint density at radius 3 is 1.70 bits per heavy atom. The molecule has 0 aromatic rings. The molecule has 0 aromatic heterocycles. The van der Waals surface area contributed by atoms with Gasteiger partial charge < -0.3 is 24.3 Å². The monoisotopic (exact) mass is 394 g/mol. The average Bonchev–Trinajstić information content (AvgIpc) is 2.53. The van der Waals surface area contributed by atoms with Crippen molar-refractivity contribution in [1.82, 2.24) is 0 Å². The molecular formula is C19H38O2SZn. The van der Waals surface area contributed by atoms with Crippen molar-refractivity contribution >= 4 is 18.6 Å². The zero-order valence-corrected chi connectivity index (χ0v) is 19.5. The van der Waals surface area contributed by atoms with E-state index in [2.05, 4.69) is 20.8 Å². The van der Waals surface area contributed by atoms with Crippen LogP contribution in [0, 0.1) is 6.92 Å². The van der Waals surface area contributed by atoms with E-state index in [-0.39, 0.29) is 25.4 Å². The second kappa shape index (κ2) is 27.3. The van der Waals surface area contributed by atoms with E-state index in [1.807, 2.05) is 0 Å². The summed E-state index contributed by atoms with van der Waals surface area (Å²) in [5, 5.41) is 0. The third kappa shape index (κ3) is 30.8. The Bertz CT molecular complexity index is 212. The van der Waals surface area contributed by atoms with Crippen LogP contribution < -0.4 is 0 Å². The number of unbranched alkanes of at least 4 members (excludes halogenated alkanes) is 10. The van der Waals surface area contributed by atoms with E-state index in [9.17, 15) is 4.79 Å². The van der Waals surface area contributed by atoms with Crippen molar-refractivity contribution < 1.29 is 29.0 Å². The maximum atomic E-state index is 11.0. The van der Waals surface area contributed by atoms with Crippen molar-refractivity contribution in [3.8, 4) is 0 Å². The van der Waals surface area contributed by atoms with Crippen LogP contribution in [-0.2, 0) is 41.6 Å². The second-order valence-electron chi connectivity index (χ2n) is 5.71. The Morgan fingerprint density at radius 1 is 0.870 bits per heavy atom. The third-order valence-corrected chi connectivity index (χ3v) is 3.62. The largest absolute Gasteiger partial charge is 2.00 e. The van der Waals surface area contributed by atoms with Crippen molar-refractivity contribution in [3.63, 3.8) is 0 Å². The van der Waals surface area contributed by atoms with Crippen LogP contribution in [0.1, 0.15) is 97.3 Å². The molecule has 0 radical (unpaired) electrons. The molecule has 0 heterocycles.